The molecule has 2 aliphatic rings. The summed E-state index contributed by atoms with van der Waals surface area (Å²) in [6, 6.07) is 2.61. The largest absolute Gasteiger partial charge is 0.491 e. The Morgan fingerprint density at radius 1 is 1.24 bits per heavy atom. The van der Waals surface area contributed by atoms with Crippen molar-refractivity contribution in [2.75, 3.05) is 20.3 Å². The molecule has 2 aromatic rings. The van der Waals surface area contributed by atoms with Crippen molar-refractivity contribution in [2.45, 2.75) is 76.7 Å². The molecule has 2 saturated heterocycles. The van der Waals surface area contributed by atoms with Gasteiger partial charge < -0.3 is 18.9 Å². The van der Waals surface area contributed by atoms with E-state index in [-0.39, 0.29) is 41.4 Å². The van der Waals surface area contributed by atoms with Gasteiger partial charge in [0.05, 0.1) is 29.8 Å². The van der Waals surface area contributed by atoms with Gasteiger partial charge in [-0.1, -0.05) is 20.8 Å². The first-order valence-electron chi connectivity index (χ1n) is 12.3. The second-order valence-corrected chi connectivity index (χ2v) is 11.6. The summed E-state index contributed by atoms with van der Waals surface area (Å²) in [7, 11) is 1.66. The Morgan fingerprint density at radius 3 is 2.59 bits per heavy atom. The Kier molecular flexibility index (Phi) is 7.85. The molecule has 1 aromatic heterocycles. The van der Waals surface area contributed by atoms with Crippen LogP contribution in [0.2, 0.25) is 0 Å². The molecule has 7 nitrogen and oxygen atoms in total. The number of amides is 2. The lowest BCUT2D eigenvalue weighted by Gasteiger charge is -2.21. The van der Waals surface area contributed by atoms with Gasteiger partial charge in [0.2, 0.25) is 5.91 Å². The highest BCUT2D eigenvalue weighted by atomic mass is 32.1. The zero-order valence-corrected chi connectivity index (χ0v) is 22.2. The van der Waals surface area contributed by atoms with Crippen LogP contribution in [-0.2, 0) is 27.7 Å². The van der Waals surface area contributed by atoms with Gasteiger partial charge in [0.15, 0.2) is 4.80 Å². The molecule has 37 heavy (non-hydrogen) atoms. The number of halogens is 3. The van der Waals surface area contributed by atoms with Gasteiger partial charge in [-0.05, 0) is 42.9 Å². The van der Waals surface area contributed by atoms with Crippen LogP contribution in [0.3, 0.4) is 0 Å². The highest BCUT2D eigenvalue weighted by Crippen LogP contribution is 2.33. The van der Waals surface area contributed by atoms with E-state index in [0.29, 0.717) is 30.8 Å². The van der Waals surface area contributed by atoms with Gasteiger partial charge in [-0.3, -0.25) is 9.59 Å². The third-order valence-electron chi connectivity index (χ3n) is 6.68. The Morgan fingerprint density at radius 2 is 2.00 bits per heavy atom. The SMILES string of the molecule is CN1C(=O)CC[C@H]1COc1ccc(C(F)(F)F)cc1C(=O)/N=c1\sc(C(C)(C)C)cn1C[C@H]1CCCO1. The number of aromatic nitrogens is 1. The lowest BCUT2D eigenvalue weighted by atomic mass is 9.95. The molecule has 0 radical (unpaired) electrons. The van der Waals surface area contributed by atoms with Crippen molar-refractivity contribution in [3.63, 3.8) is 0 Å². The molecular formula is C26H32F3N3O4S. The highest BCUT2D eigenvalue weighted by Gasteiger charge is 2.33. The van der Waals surface area contributed by atoms with Crippen LogP contribution in [0.1, 0.15) is 67.3 Å². The molecule has 0 unspecified atom stereocenters. The molecule has 0 aliphatic carbocycles. The van der Waals surface area contributed by atoms with E-state index in [1.165, 1.54) is 11.3 Å². The lowest BCUT2D eigenvalue weighted by Crippen LogP contribution is -2.33. The normalized spacial score (nSPS) is 21.2. The number of hydrogen-bond acceptors (Lipinski definition) is 5. The first kappa shape index (κ1) is 27.4. The zero-order chi connectivity index (χ0) is 27.0. The van der Waals surface area contributed by atoms with Crippen LogP contribution >= 0.6 is 11.3 Å². The Bertz CT molecular complexity index is 1220. The van der Waals surface area contributed by atoms with Gasteiger partial charge in [-0.15, -0.1) is 11.3 Å². The van der Waals surface area contributed by atoms with E-state index in [1.807, 2.05) is 31.5 Å². The Balaban J connectivity index is 1.69. The van der Waals surface area contributed by atoms with Gasteiger partial charge >= 0.3 is 6.18 Å². The molecule has 11 heteroatoms. The predicted octanol–water partition coefficient (Wildman–Crippen LogP) is 4.79. The molecule has 0 N–H and O–H groups in total. The number of nitrogens with zero attached hydrogens (tertiary/aromatic N) is 3. The van der Waals surface area contributed by atoms with Crippen LogP contribution in [-0.4, -0.2) is 53.7 Å². The summed E-state index contributed by atoms with van der Waals surface area (Å²) in [6.45, 7) is 7.39. The summed E-state index contributed by atoms with van der Waals surface area (Å²) in [5.74, 6) is -0.830. The summed E-state index contributed by atoms with van der Waals surface area (Å²) in [5.41, 5.74) is -1.42. The Labute approximate surface area is 217 Å². The topological polar surface area (TPSA) is 73.1 Å². The lowest BCUT2D eigenvalue weighted by molar-refractivity contribution is -0.137. The van der Waals surface area contributed by atoms with Crippen molar-refractivity contribution >= 4 is 23.2 Å². The molecule has 2 amide bonds. The summed E-state index contributed by atoms with van der Waals surface area (Å²) in [6.07, 6.45) is 0.123. The number of likely N-dealkylation sites (tertiary alicyclic amines) is 1. The number of likely N-dealkylation sites (N-methyl/N-ethyl adjacent to an activating group) is 1. The number of alkyl halides is 3. The highest BCUT2D eigenvalue weighted by molar-refractivity contribution is 7.09. The Hall–Kier alpha value is -2.66. The van der Waals surface area contributed by atoms with Gasteiger partial charge in [0, 0.05) is 31.1 Å². The smallest absolute Gasteiger partial charge is 0.416 e. The van der Waals surface area contributed by atoms with E-state index >= 15 is 0 Å². The van der Waals surface area contributed by atoms with Crippen LogP contribution in [0.25, 0.3) is 0 Å². The van der Waals surface area contributed by atoms with Crippen molar-refractivity contribution in [3.8, 4) is 5.75 Å². The van der Waals surface area contributed by atoms with E-state index in [0.717, 1.165) is 35.9 Å². The summed E-state index contributed by atoms with van der Waals surface area (Å²) in [5, 5.41) is 0. The van der Waals surface area contributed by atoms with E-state index < -0.39 is 17.6 Å². The molecule has 2 atom stereocenters. The predicted molar refractivity (Wildman–Crippen MR) is 133 cm³/mol. The number of carbonyl (C=O) groups excluding carboxylic acids is 2. The number of thiazole rings is 1. The zero-order valence-electron chi connectivity index (χ0n) is 21.4. The number of hydrogen-bond donors (Lipinski definition) is 0. The van der Waals surface area contributed by atoms with Crippen molar-refractivity contribution in [1.29, 1.82) is 0 Å². The molecule has 0 bridgehead atoms. The number of rotatable bonds is 6. The standard InChI is InChI=1S/C26H32F3N3O4S/c1-25(2,3)21-14-32(13-18-6-5-11-35-18)24(37-21)30-23(34)19-12-16(26(27,28)29)7-9-20(19)36-15-17-8-10-22(33)31(17)4/h7,9,12,14,17-18H,5-6,8,10-11,13,15H2,1-4H3/b30-24-/t17-,18+/m0/s1. The molecule has 2 aliphatic heterocycles. The van der Waals surface area contributed by atoms with Crippen molar-refractivity contribution in [2.24, 2.45) is 4.99 Å². The molecule has 1 aromatic carbocycles. The van der Waals surface area contributed by atoms with Crippen LogP contribution in [0.15, 0.2) is 29.4 Å². The number of benzene rings is 1. The maximum absolute atomic E-state index is 13.5. The van der Waals surface area contributed by atoms with Crippen LogP contribution < -0.4 is 9.54 Å². The quantitative estimate of drug-likeness (QED) is 0.530. The molecule has 202 valence electrons. The van der Waals surface area contributed by atoms with E-state index in [2.05, 4.69) is 4.99 Å². The van der Waals surface area contributed by atoms with Crippen LogP contribution in [0.5, 0.6) is 5.75 Å². The van der Waals surface area contributed by atoms with Gasteiger partial charge in [0.1, 0.15) is 12.4 Å². The van der Waals surface area contributed by atoms with Crippen LogP contribution in [0, 0.1) is 0 Å². The van der Waals surface area contributed by atoms with Crippen molar-refractivity contribution in [1.82, 2.24) is 9.47 Å². The summed E-state index contributed by atoms with van der Waals surface area (Å²) in [4.78, 5) is 32.4. The molecule has 0 spiro atoms. The average Bonchev–Trinajstić information content (AvgIpc) is 3.54. The van der Waals surface area contributed by atoms with Crippen LogP contribution in [0.4, 0.5) is 13.2 Å². The third kappa shape index (κ3) is 6.43. The first-order chi connectivity index (χ1) is 17.3. The monoisotopic (exact) mass is 539 g/mol. The second-order valence-electron chi connectivity index (χ2n) is 10.5. The van der Waals surface area contributed by atoms with Crippen molar-refractivity contribution in [3.05, 3.63) is 45.2 Å². The fourth-order valence-electron chi connectivity index (χ4n) is 4.34. The number of carbonyl (C=O) groups is 2. The maximum Gasteiger partial charge on any atom is 0.416 e. The molecule has 3 heterocycles. The molecular weight excluding hydrogens is 507 g/mol. The molecule has 4 rings (SSSR count). The molecule has 0 saturated carbocycles. The fraction of sp³-hybridized carbons (Fsp3) is 0.577. The number of ether oxygens (including phenoxy) is 2. The summed E-state index contributed by atoms with van der Waals surface area (Å²) < 4.78 is 53.9. The van der Waals surface area contributed by atoms with Crippen molar-refractivity contribution < 1.29 is 32.2 Å². The first-order valence-corrected chi connectivity index (χ1v) is 13.2. The third-order valence-corrected chi connectivity index (χ3v) is 8.13. The van der Waals surface area contributed by atoms with E-state index in [1.54, 1.807) is 11.9 Å². The van der Waals surface area contributed by atoms with E-state index in [4.69, 9.17) is 9.47 Å². The second kappa shape index (κ2) is 10.6. The molecule has 2 fully saturated rings. The van der Waals surface area contributed by atoms with Gasteiger partial charge in [-0.25, -0.2) is 0 Å². The van der Waals surface area contributed by atoms with Gasteiger partial charge in [-0.2, -0.15) is 18.2 Å². The summed E-state index contributed by atoms with van der Waals surface area (Å²) >= 11 is 1.34. The van der Waals surface area contributed by atoms with Gasteiger partial charge in [0.25, 0.3) is 5.91 Å². The minimum atomic E-state index is -4.63. The maximum atomic E-state index is 13.5. The average molecular weight is 540 g/mol. The minimum Gasteiger partial charge on any atom is -0.491 e. The fourth-order valence-corrected chi connectivity index (χ4v) is 5.40. The van der Waals surface area contributed by atoms with E-state index in [9.17, 15) is 22.8 Å². The minimum absolute atomic E-state index is 0.00460.